The van der Waals surface area contributed by atoms with E-state index in [1.165, 1.54) is 19.6 Å². The molecule has 2 unspecified atom stereocenters. The second kappa shape index (κ2) is 3.11. The molecule has 1 fully saturated rings. The highest BCUT2D eigenvalue weighted by atomic mass is 16.6. The molecule has 1 saturated heterocycles. The Morgan fingerprint density at radius 2 is 1.45 bits per heavy atom. The van der Waals surface area contributed by atoms with Crippen molar-refractivity contribution in [2.45, 2.75) is 40.0 Å². The quantitative estimate of drug-likeness (QED) is 0.447. The number of rotatable bonds is 4. The highest BCUT2D eigenvalue weighted by Crippen LogP contribution is 2.31. The van der Waals surface area contributed by atoms with Crippen LogP contribution in [0.3, 0.4) is 0 Å². The van der Waals surface area contributed by atoms with Crippen molar-refractivity contribution >= 4 is 0 Å². The first-order valence-electron chi connectivity index (χ1n) is 4.71. The maximum Gasteiger partial charge on any atom is 0.220 e. The van der Waals surface area contributed by atoms with Crippen molar-refractivity contribution in [3.05, 3.63) is 0 Å². The first-order chi connectivity index (χ1) is 5.20. The summed E-state index contributed by atoms with van der Waals surface area (Å²) in [6.45, 7) is 12.5. The Morgan fingerprint density at radius 3 is 1.55 bits per heavy atom. The van der Waals surface area contributed by atoms with Crippen molar-refractivity contribution in [1.82, 2.24) is 0 Å². The molecular weight excluding hydrogens is 138 g/mol. The summed E-state index contributed by atoms with van der Waals surface area (Å²) in [5.74, 6) is 0. The van der Waals surface area contributed by atoms with Crippen molar-refractivity contribution < 1.29 is 9.22 Å². The van der Waals surface area contributed by atoms with Crippen LogP contribution in [0.25, 0.3) is 0 Å². The van der Waals surface area contributed by atoms with Gasteiger partial charge in [-0.3, -0.25) is 4.48 Å². The van der Waals surface area contributed by atoms with Crippen LogP contribution in [0.4, 0.5) is 0 Å². The van der Waals surface area contributed by atoms with Crippen molar-refractivity contribution in [3.8, 4) is 0 Å². The SMILES string of the molecule is CC[N+](CC)(CC)C1OC1C. The van der Waals surface area contributed by atoms with E-state index in [-0.39, 0.29) is 0 Å². The van der Waals surface area contributed by atoms with Gasteiger partial charge in [-0.25, -0.2) is 0 Å². The standard InChI is InChI=1S/C9H20NO/c1-5-10(6-2,7-3)9-8(4)11-9/h8-9H,5-7H2,1-4H3/q+1. The molecule has 0 aliphatic carbocycles. The van der Waals surface area contributed by atoms with Crippen molar-refractivity contribution in [2.75, 3.05) is 19.6 Å². The maximum absolute atomic E-state index is 5.53. The fourth-order valence-electron chi connectivity index (χ4n) is 1.96. The van der Waals surface area contributed by atoms with Gasteiger partial charge in [-0.15, -0.1) is 0 Å². The Morgan fingerprint density at radius 1 is 1.09 bits per heavy atom. The molecule has 0 bridgehead atoms. The molecule has 0 spiro atoms. The van der Waals surface area contributed by atoms with Gasteiger partial charge in [0.1, 0.15) is 6.10 Å². The van der Waals surface area contributed by atoms with E-state index in [1.54, 1.807) is 0 Å². The van der Waals surface area contributed by atoms with E-state index in [2.05, 4.69) is 27.7 Å². The molecule has 66 valence electrons. The Labute approximate surface area is 69.7 Å². The minimum atomic E-state index is 0.495. The van der Waals surface area contributed by atoms with Gasteiger partial charge in [0.05, 0.1) is 19.6 Å². The number of hydrogen-bond donors (Lipinski definition) is 0. The molecule has 1 rings (SSSR count). The monoisotopic (exact) mass is 158 g/mol. The van der Waals surface area contributed by atoms with Gasteiger partial charge in [0.25, 0.3) is 0 Å². The number of hydrogen-bond acceptors (Lipinski definition) is 1. The maximum atomic E-state index is 5.53. The molecule has 0 amide bonds. The third-order valence-corrected chi connectivity index (χ3v) is 3.11. The predicted molar refractivity (Wildman–Crippen MR) is 46.2 cm³/mol. The third-order valence-electron chi connectivity index (χ3n) is 3.11. The smallest absolute Gasteiger partial charge is 0.220 e. The molecular formula is C9H20NO+. The molecule has 0 N–H and O–H groups in total. The highest BCUT2D eigenvalue weighted by Gasteiger charge is 2.50. The van der Waals surface area contributed by atoms with Gasteiger partial charge < -0.3 is 4.74 Å². The van der Waals surface area contributed by atoms with E-state index in [0.29, 0.717) is 12.3 Å². The fourth-order valence-corrected chi connectivity index (χ4v) is 1.96. The van der Waals surface area contributed by atoms with E-state index in [1.807, 2.05) is 0 Å². The molecule has 1 aliphatic heterocycles. The average molecular weight is 158 g/mol. The van der Waals surface area contributed by atoms with E-state index in [9.17, 15) is 0 Å². The van der Waals surface area contributed by atoms with Crippen molar-refractivity contribution in [2.24, 2.45) is 0 Å². The Hall–Kier alpha value is -0.0800. The summed E-state index contributed by atoms with van der Waals surface area (Å²) in [5.41, 5.74) is 0. The zero-order chi connectivity index (χ0) is 8.48. The van der Waals surface area contributed by atoms with Crippen molar-refractivity contribution in [1.29, 1.82) is 0 Å². The van der Waals surface area contributed by atoms with Gasteiger partial charge in [-0.1, -0.05) is 0 Å². The van der Waals surface area contributed by atoms with Crippen LogP contribution in [-0.4, -0.2) is 36.4 Å². The summed E-state index contributed by atoms with van der Waals surface area (Å²) < 4.78 is 6.67. The lowest BCUT2D eigenvalue weighted by Crippen LogP contribution is -2.50. The second-order valence-electron chi connectivity index (χ2n) is 3.40. The van der Waals surface area contributed by atoms with Crippen LogP contribution in [0.5, 0.6) is 0 Å². The Kier molecular flexibility index (Phi) is 2.55. The van der Waals surface area contributed by atoms with Crippen LogP contribution in [0.2, 0.25) is 0 Å². The second-order valence-corrected chi connectivity index (χ2v) is 3.40. The van der Waals surface area contributed by atoms with Gasteiger partial charge in [0.15, 0.2) is 0 Å². The lowest BCUT2D eigenvalue weighted by atomic mass is 10.3. The molecule has 0 aromatic rings. The predicted octanol–water partition coefficient (Wildman–Crippen LogP) is 1.61. The van der Waals surface area contributed by atoms with Crippen LogP contribution < -0.4 is 0 Å². The number of quaternary nitrogens is 1. The molecule has 0 aromatic carbocycles. The van der Waals surface area contributed by atoms with E-state index in [4.69, 9.17) is 4.74 Å². The molecule has 11 heavy (non-hydrogen) atoms. The Balaban J connectivity index is 2.57. The minimum Gasteiger partial charge on any atom is -0.315 e. The van der Waals surface area contributed by atoms with Gasteiger partial charge in [0.2, 0.25) is 6.23 Å². The van der Waals surface area contributed by atoms with Gasteiger partial charge in [-0.05, 0) is 27.7 Å². The summed E-state index contributed by atoms with van der Waals surface area (Å²) >= 11 is 0. The average Bonchev–Trinajstić information content (AvgIpc) is 2.73. The zero-order valence-corrected chi connectivity index (χ0v) is 8.13. The van der Waals surface area contributed by atoms with E-state index < -0.39 is 0 Å². The summed E-state index contributed by atoms with van der Waals surface area (Å²) in [6.07, 6.45) is 0.991. The molecule has 1 heterocycles. The molecule has 2 heteroatoms. The van der Waals surface area contributed by atoms with Crippen LogP contribution >= 0.6 is 0 Å². The lowest BCUT2D eigenvalue weighted by Gasteiger charge is -2.34. The normalized spacial score (nSPS) is 30.5. The topological polar surface area (TPSA) is 12.5 Å². The largest absolute Gasteiger partial charge is 0.315 e. The first kappa shape index (κ1) is 9.01. The highest BCUT2D eigenvalue weighted by molar-refractivity contribution is 4.72. The summed E-state index contributed by atoms with van der Waals surface area (Å²) in [5, 5.41) is 0. The van der Waals surface area contributed by atoms with Gasteiger partial charge in [0, 0.05) is 0 Å². The molecule has 2 nitrogen and oxygen atoms in total. The number of likely N-dealkylation sites (N-methyl/N-ethyl adjacent to an activating group) is 1. The van der Waals surface area contributed by atoms with E-state index >= 15 is 0 Å². The van der Waals surface area contributed by atoms with Crippen LogP contribution in [0.15, 0.2) is 0 Å². The minimum absolute atomic E-state index is 0.495. The van der Waals surface area contributed by atoms with Gasteiger partial charge >= 0.3 is 0 Å². The van der Waals surface area contributed by atoms with Crippen LogP contribution in [-0.2, 0) is 4.74 Å². The van der Waals surface area contributed by atoms with Crippen molar-refractivity contribution in [3.63, 3.8) is 0 Å². The lowest BCUT2D eigenvalue weighted by molar-refractivity contribution is -0.943. The third kappa shape index (κ3) is 1.42. The summed E-state index contributed by atoms with van der Waals surface area (Å²) in [4.78, 5) is 0. The zero-order valence-electron chi connectivity index (χ0n) is 8.13. The molecule has 1 aliphatic rings. The molecule has 2 atom stereocenters. The number of epoxide rings is 1. The number of ether oxygens (including phenoxy) is 1. The van der Waals surface area contributed by atoms with Crippen LogP contribution in [0, 0.1) is 0 Å². The molecule has 0 saturated carbocycles. The Bertz CT molecular complexity index is 123. The van der Waals surface area contributed by atoms with Gasteiger partial charge in [-0.2, -0.15) is 0 Å². The summed E-state index contributed by atoms with van der Waals surface area (Å²) in [6, 6.07) is 0. The molecule has 0 radical (unpaired) electrons. The summed E-state index contributed by atoms with van der Waals surface area (Å²) in [7, 11) is 0. The molecule has 0 aromatic heterocycles. The first-order valence-corrected chi connectivity index (χ1v) is 4.71. The van der Waals surface area contributed by atoms with E-state index in [0.717, 1.165) is 4.48 Å². The number of nitrogens with zero attached hydrogens (tertiary/aromatic N) is 1. The fraction of sp³-hybridized carbons (Fsp3) is 1.00. The van der Waals surface area contributed by atoms with Crippen LogP contribution in [0.1, 0.15) is 27.7 Å².